The lowest BCUT2D eigenvalue weighted by Crippen LogP contribution is -2.47. The van der Waals surface area contributed by atoms with Crippen molar-refractivity contribution in [2.45, 2.75) is 31.3 Å². The van der Waals surface area contributed by atoms with Gasteiger partial charge >= 0.3 is 6.09 Å². The number of carbonyl (C=O) groups excluding carboxylic acids is 1. The molecule has 0 aromatic carbocycles. The number of piperazine rings is 1. The zero-order chi connectivity index (χ0) is 15.5. The van der Waals surface area contributed by atoms with Crippen LogP contribution >= 0.6 is 27.9 Å². The Morgan fingerprint density at radius 3 is 2.52 bits per heavy atom. The molecule has 0 radical (unpaired) electrons. The molecule has 21 heavy (non-hydrogen) atoms. The number of halogens is 1. The Morgan fingerprint density at radius 1 is 1.29 bits per heavy atom. The van der Waals surface area contributed by atoms with Crippen molar-refractivity contribution in [3.63, 3.8) is 0 Å². The molecule has 0 bridgehead atoms. The van der Waals surface area contributed by atoms with E-state index in [4.69, 9.17) is 4.74 Å². The SMILES string of the molecule is CC(C)(C)OC(=O)N1CCN(Sc2cncc(Br)c2)CC1. The zero-order valence-electron chi connectivity index (χ0n) is 12.5. The zero-order valence-corrected chi connectivity index (χ0v) is 14.9. The Bertz CT molecular complexity index is 499. The van der Waals surface area contributed by atoms with Crippen molar-refractivity contribution in [2.24, 2.45) is 0 Å². The molecule has 0 unspecified atom stereocenters. The van der Waals surface area contributed by atoms with E-state index in [0.717, 1.165) is 22.5 Å². The molecule has 1 aromatic rings. The maximum Gasteiger partial charge on any atom is 0.410 e. The molecule has 0 aliphatic carbocycles. The summed E-state index contributed by atoms with van der Waals surface area (Å²) < 4.78 is 8.60. The topological polar surface area (TPSA) is 45.7 Å². The molecule has 1 aliphatic heterocycles. The summed E-state index contributed by atoms with van der Waals surface area (Å²) in [6.07, 6.45) is 3.39. The first-order valence-corrected chi connectivity index (χ1v) is 8.41. The number of amides is 1. The van der Waals surface area contributed by atoms with Gasteiger partial charge in [-0.25, -0.2) is 9.10 Å². The van der Waals surface area contributed by atoms with Gasteiger partial charge in [0.15, 0.2) is 0 Å². The molecule has 7 heteroatoms. The molecule has 2 rings (SSSR count). The Balaban J connectivity index is 1.82. The van der Waals surface area contributed by atoms with Gasteiger partial charge in [0.05, 0.1) is 0 Å². The number of nitrogens with zero attached hydrogens (tertiary/aromatic N) is 3. The van der Waals surface area contributed by atoms with Crippen molar-refractivity contribution in [3.8, 4) is 0 Å². The second kappa shape index (κ2) is 6.98. The third kappa shape index (κ3) is 5.48. The molecule has 5 nitrogen and oxygen atoms in total. The van der Waals surface area contributed by atoms with Gasteiger partial charge in [0.1, 0.15) is 5.60 Å². The first kappa shape index (κ1) is 16.6. The van der Waals surface area contributed by atoms with Gasteiger partial charge in [-0.05, 0) is 54.7 Å². The normalized spacial score (nSPS) is 16.9. The third-order valence-electron chi connectivity index (χ3n) is 2.80. The summed E-state index contributed by atoms with van der Waals surface area (Å²) in [7, 11) is 0. The lowest BCUT2D eigenvalue weighted by Gasteiger charge is -2.34. The molecule has 0 spiro atoms. The molecule has 0 N–H and O–H groups in total. The van der Waals surface area contributed by atoms with E-state index in [1.807, 2.05) is 33.0 Å². The van der Waals surface area contributed by atoms with Crippen molar-refractivity contribution >= 4 is 34.0 Å². The van der Waals surface area contributed by atoms with Crippen LogP contribution in [0.1, 0.15) is 20.8 Å². The lowest BCUT2D eigenvalue weighted by atomic mass is 10.2. The fourth-order valence-electron chi connectivity index (χ4n) is 1.88. The quantitative estimate of drug-likeness (QED) is 0.743. The van der Waals surface area contributed by atoms with E-state index in [2.05, 4.69) is 25.2 Å². The van der Waals surface area contributed by atoms with Crippen molar-refractivity contribution in [3.05, 3.63) is 22.9 Å². The van der Waals surface area contributed by atoms with Crippen molar-refractivity contribution in [1.29, 1.82) is 0 Å². The largest absolute Gasteiger partial charge is 0.444 e. The van der Waals surface area contributed by atoms with Gasteiger partial charge in [-0.1, -0.05) is 0 Å². The summed E-state index contributed by atoms with van der Waals surface area (Å²) >= 11 is 5.09. The van der Waals surface area contributed by atoms with Gasteiger partial charge in [0.25, 0.3) is 0 Å². The average Bonchev–Trinajstić information content (AvgIpc) is 2.37. The van der Waals surface area contributed by atoms with E-state index in [9.17, 15) is 4.79 Å². The second-order valence-corrected chi connectivity index (χ2v) is 7.91. The first-order chi connectivity index (χ1) is 9.83. The summed E-state index contributed by atoms with van der Waals surface area (Å²) in [5.41, 5.74) is -0.440. The maximum absolute atomic E-state index is 12.0. The highest BCUT2D eigenvalue weighted by Crippen LogP contribution is 2.25. The van der Waals surface area contributed by atoms with Crippen LogP contribution < -0.4 is 0 Å². The standard InChI is InChI=1S/C14H20BrN3O2S/c1-14(2,3)20-13(19)17-4-6-18(7-5-17)21-12-8-11(15)9-16-10-12/h8-10H,4-7H2,1-3H3. The van der Waals surface area contributed by atoms with Gasteiger partial charge in [-0.15, -0.1) is 0 Å². The number of pyridine rings is 1. The number of ether oxygens (including phenoxy) is 1. The fourth-order valence-corrected chi connectivity index (χ4v) is 3.33. The van der Waals surface area contributed by atoms with E-state index in [0.29, 0.717) is 13.1 Å². The van der Waals surface area contributed by atoms with Gasteiger partial charge in [0, 0.05) is 47.9 Å². The van der Waals surface area contributed by atoms with Crippen LogP contribution in [0.25, 0.3) is 0 Å². The molecule has 2 heterocycles. The summed E-state index contributed by atoms with van der Waals surface area (Å²) in [5.74, 6) is 0. The maximum atomic E-state index is 12.0. The highest BCUT2D eigenvalue weighted by Gasteiger charge is 2.26. The van der Waals surface area contributed by atoms with E-state index in [1.165, 1.54) is 0 Å². The van der Waals surface area contributed by atoms with Crippen LogP contribution in [0.15, 0.2) is 27.8 Å². The molecular formula is C14H20BrN3O2S. The number of carbonyl (C=O) groups is 1. The van der Waals surface area contributed by atoms with E-state index < -0.39 is 5.60 Å². The number of hydrogen-bond donors (Lipinski definition) is 0. The van der Waals surface area contributed by atoms with Crippen molar-refractivity contribution in [2.75, 3.05) is 26.2 Å². The van der Waals surface area contributed by atoms with Gasteiger partial charge in [-0.3, -0.25) is 4.98 Å². The summed E-state index contributed by atoms with van der Waals surface area (Å²) in [4.78, 5) is 19.0. The number of hydrogen-bond acceptors (Lipinski definition) is 5. The van der Waals surface area contributed by atoms with Crippen LogP contribution in [0.2, 0.25) is 0 Å². The highest BCUT2D eigenvalue weighted by molar-refractivity contribution is 9.10. The molecule has 1 fully saturated rings. The van der Waals surface area contributed by atoms with Crippen LogP contribution in [-0.2, 0) is 4.74 Å². The summed E-state index contributed by atoms with van der Waals surface area (Å²) in [5, 5.41) is 0. The van der Waals surface area contributed by atoms with Crippen molar-refractivity contribution < 1.29 is 9.53 Å². The van der Waals surface area contributed by atoms with E-state index >= 15 is 0 Å². The molecule has 1 aliphatic rings. The Labute approximate surface area is 138 Å². The van der Waals surface area contributed by atoms with E-state index in [1.54, 1.807) is 23.0 Å². The predicted molar refractivity (Wildman–Crippen MR) is 87.2 cm³/mol. The third-order valence-corrected chi connectivity index (χ3v) is 4.30. The average molecular weight is 374 g/mol. The van der Waals surface area contributed by atoms with Crippen LogP contribution in [0.3, 0.4) is 0 Å². The number of aromatic nitrogens is 1. The minimum absolute atomic E-state index is 0.226. The molecule has 0 saturated carbocycles. The molecule has 1 saturated heterocycles. The van der Waals surface area contributed by atoms with Crippen molar-refractivity contribution in [1.82, 2.24) is 14.2 Å². The van der Waals surface area contributed by atoms with Crippen LogP contribution in [0.5, 0.6) is 0 Å². The predicted octanol–water partition coefficient (Wildman–Crippen LogP) is 3.40. The first-order valence-electron chi connectivity index (χ1n) is 6.85. The van der Waals surface area contributed by atoms with Gasteiger partial charge in [-0.2, -0.15) is 0 Å². The summed E-state index contributed by atoms with van der Waals surface area (Å²) in [6.45, 7) is 8.66. The van der Waals surface area contributed by atoms with Crippen LogP contribution in [0, 0.1) is 0 Å². The monoisotopic (exact) mass is 373 g/mol. The molecule has 0 atom stereocenters. The molecule has 116 valence electrons. The molecular weight excluding hydrogens is 354 g/mol. The second-order valence-electron chi connectivity index (χ2n) is 5.83. The van der Waals surface area contributed by atoms with Crippen LogP contribution in [0.4, 0.5) is 4.79 Å². The van der Waals surface area contributed by atoms with Gasteiger partial charge < -0.3 is 9.64 Å². The van der Waals surface area contributed by atoms with E-state index in [-0.39, 0.29) is 6.09 Å². The minimum Gasteiger partial charge on any atom is -0.444 e. The Morgan fingerprint density at radius 2 is 1.95 bits per heavy atom. The smallest absolute Gasteiger partial charge is 0.410 e. The Hall–Kier alpha value is -0.790. The highest BCUT2D eigenvalue weighted by atomic mass is 79.9. The summed E-state index contributed by atoms with van der Waals surface area (Å²) in [6, 6.07) is 2.04. The lowest BCUT2D eigenvalue weighted by molar-refractivity contribution is 0.0197. The van der Waals surface area contributed by atoms with Crippen LogP contribution in [-0.4, -0.2) is 52.1 Å². The van der Waals surface area contributed by atoms with Gasteiger partial charge in [0.2, 0.25) is 0 Å². The molecule has 1 amide bonds. The number of rotatable bonds is 2. The Kier molecular flexibility index (Phi) is 5.51. The fraction of sp³-hybridized carbons (Fsp3) is 0.571. The molecule has 1 aromatic heterocycles. The minimum atomic E-state index is -0.440.